The fourth-order valence-electron chi connectivity index (χ4n) is 3.43. The molecule has 1 N–H and O–H groups in total. The number of rotatable bonds is 5. The van der Waals surface area contributed by atoms with Gasteiger partial charge in [0.1, 0.15) is 12.4 Å². The van der Waals surface area contributed by atoms with Crippen LogP contribution >= 0.6 is 11.8 Å². The molecule has 31 heavy (non-hydrogen) atoms. The van der Waals surface area contributed by atoms with Crippen molar-refractivity contribution in [3.63, 3.8) is 0 Å². The number of imide groups is 1. The van der Waals surface area contributed by atoms with Crippen LogP contribution in [0.5, 0.6) is 0 Å². The van der Waals surface area contributed by atoms with Crippen LogP contribution in [0.2, 0.25) is 0 Å². The fourth-order valence-corrected chi connectivity index (χ4v) is 4.26. The van der Waals surface area contributed by atoms with Crippen LogP contribution < -0.4 is 5.32 Å². The van der Waals surface area contributed by atoms with E-state index in [-0.39, 0.29) is 10.9 Å². The highest BCUT2D eigenvalue weighted by Gasteiger charge is 2.36. The first-order chi connectivity index (χ1) is 14.8. The molecule has 0 spiro atoms. The molecular formula is C23H20FN3O3S. The summed E-state index contributed by atoms with van der Waals surface area (Å²) in [5.74, 6) is -1.47. The zero-order valence-electron chi connectivity index (χ0n) is 17.0. The smallest absolute Gasteiger partial charge is 0.294 e. The Morgan fingerprint density at radius 3 is 2.55 bits per heavy atom. The van der Waals surface area contributed by atoms with E-state index in [9.17, 15) is 18.8 Å². The molecular weight excluding hydrogens is 417 g/mol. The second-order valence-corrected chi connectivity index (χ2v) is 8.42. The van der Waals surface area contributed by atoms with Gasteiger partial charge in [-0.05, 0) is 62.0 Å². The van der Waals surface area contributed by atoms with Gasteiger partial charge in [-0.15, -0.1) is 0 Å². The number of anilines is 1. The third-order valence-corrected chi connectivity index (χ3v) is 5.83. The lowest BCUT2D eigenvalue weighted by atomic mass is 10.1. The van der Waals surface area contributed by atoms with Crippen LogP contribution in [0, 0.1) is 5.82 Å². The molecule has 1 saturated heterocycles. The van der Waals surface area contributed by atoms with Crippen molar-refractivity contribution in [2.45, 2.75) is 19.9 Å². The minimum atomic E-state index is -0.536. The Morgan fingerprint density at radius 2 is 1.84 bits per heavy atom. The predicted octanol–water partition coefficient (Wildman–Crippen LogP) is 5.04. The molecule has 1 fully saturated rings. The highest BCUT2D eigenvalue weighted by molar-refractivity contribution is 8.18. The van der Waals surface area contributed by atoms with Crippen molar-refractivity contribution in [2.24, 2.45) is 0 Å². The second-order valence-electron chi connectivity index (χ2n) is 7.43. The first-order valence-electron chi connectivity index (χ1n) is 9.74. The molecule has 0 radical (unpaired) electrons. The highest BCUT2D eigenvalue weighted by Crippen LogP contribution is 2.34. The lowest BCUT2D eigenvalue weighted by Crippen LogP contribution is -2.36. The van der Waals surface area contributed by atoms with Crippen LogP contribution in [0.1, 0.15) is 25.5 Å². The number of halogens is 1. The summed E-state index contributed by atoms with van der Waals surface area (Å²) < 4.78 is 15.1. The standard InChI is InChI=1S/C23H20FN3O3S/c1-14(2)26-12-15(18-5-3-4-6-19(18)26)11-20-22(29)27(23(30)31-20)13-21(28)25-17-9-7-16(24)8-10-17/h3-12,14H,13H2,1-2H3,(H,25,28)/b20-11+. The van der Waals surface area contributed by atoms with E-state index in [1.807, 2.05) is 30.5 Å². The summed E-state index contributed by atoms with van der Waals surface area (Å²) in [5, 5.41) is 3.04. The van der Waals surface area contributed by atoms with E-state index in [1.54, 1.807) is 6.08 Å². The molecule has 0 atom stereocenters. The molecule has 8 heteroatoms. The summed E-state index contributed by atoms with van der Waals surface area (Å²) in [5.41, 5.74) is 2.27. The number of fused-ring (bicyclic) bond motifs is 1. The van der Waals surface area contributed by atoms with Crippen molar-refractivity contribution >= 4 is 51.5 Å². The predicted molar refractivity (Wildman–Crippen MR) is 120 cm³/mol. The van der Waals surface area contributed by atoms with Crippen LogP contribution in [-0.4, -0.2) is 33.1 Å². The first kappa shape index (κ1) is 20.9. The van der Waals surface area contributed by atoms with Crippen LogP contribution in [0.3, 0.4) is 0 Å². The van der Waals surface area contributed by atoms with E-state index in [0.29, 0.717) is 5.69 Å². The molecule has 0 aliphatic carbocycles. The van der Waals surface area contributed by atoms with Gasteiger partial charge in [0.15, 0.2) is 0 Å². The average Bonchev–Trinajstić information content (AvgIpc) is 3.23. The van der Waals surface area contributed by atoms with Gasteiger partial charge in [-0.3, -0.25) is 19.3 Å². The Bertz CT molecular complexity index is 1210. The first-order valence-corrected chi connectivity index (χ1v) is 10.6. The molecule has 6 nitrogen and oxygen atoms in total. The van der Waals surface area contributed by atoms with Gasteiger partial charge in [0, 0.05) is 34.4 Å². The Labute approximate surface area is 182 Å². The second kappa shape index (κ2) is 8.39. The van der Waals surface area contributed by atoms with Gasteiger partial charge >= 0.3 is 0 Å². The molecule has 0 bridgehead atoms. The minimum Gasteiger partial charge on any atom is -0.344 e. The number of amides is 3. The molecule has 1 aliphatic rings. The number of hydrogen-bond acceptors (Lipinski definition) is 4. The molecule has 1 aromatic heterocycles. The average molecular weight is 437 g/mol. The number of aromatic nitrogens is 1. The molecule has 2 heterocycles. The van der Waals surface area contributed by atoms with Crippen LogP contribution in [0.25, 0.3) is 17.0 Å². The van der Waals surface area contributed by atoms with Gasteiger partial charge < -0.3 is 9.88 Å². The van der Waals surface area contributed by atoms with Crippen molar-refractivity contribution in [3.05, 3.63) is 71.0 Å². The highest BCUT2D eigenvalue weighted by atomic mass is 32.2. The minimum absolute atomic E-state index is 0.234. The lowest BCUT2D eigenvalue weighted by molar-refractivity contribution is -0.127. The van der Waals surface area contributed by atoms with Crippen molar-refractivity contribution in [1.82, 2.24) is 9.47 Å². The number of para-hydroxylation sites is 1. The molecule has 3 amide bonds. The van der Waals surface area contributed by atoms with E-state index in [2.05, 4.69) is 23.7 Å². The van der Waals surface area contributed by atoms with E-state index in [0.717, 1.165) is 33.1 Å². The zero-order valence-corrected chi connectivity index (χ0v) is 17.8. The third-order valence-electron chi connectivity index (χ3n) is 4.92. The summed E-state index contributed by atoms with van der Waals surface area (Å²) in [6.07, 6.45) is 3.66. The number of carbonyl (C=O) groups is 3. The van der Waals surface area contributed by atoms with Crippen molar-refractivity contribution in [3.8, 4) is 0 Å². The van der Waals surface area contributed by atoms with Gasteiger partial charge in [-0.25, -0.2) is 4.39 Å². The number of carbonyl (C=O) groups excluding carboxylic acids is 3. The molecule has 0 saturated carbocycles. The maximum absolute atomic E-state index is 13.0. The van der Waals surface area contributed by atoms with Crippen molar-refractivity contribution < 1.29 is 18.8 Å². The van der Waals surface area contributed by atoms with E-state index >= 15 is 0 Å². The summed E-state index contributed by atoms with van der Waals surface area (Å²) in [4.78, 5) is 38.7. The van der Waals surface area contributed by atoms with Crippen LogP contribution in [0.4, 0.5) is 14.9 Å². The number of thioether (sulfide) groups is 1. The van der Waals surface area contributed by atoms with E-state index in [1.165, 1.54) is 24.3 Å². The van der Waals surface area contributed by atoms with Gasteiger partial charge in [-0.2, -0.15) is 0 Å². The summed E-state index contributed by atoms with van der Waals surface area (Å²) >= 11 is 0.813. The Kier molecular flexibility index (Phi) is 5.65. The van der Waals surface area contributed by atoms with Gasteiger partial charge in [-0.1, -0.05) is 18.2 Å². The maximum atomic E-state index is 13.0. The number of nitrogens with one attached hydrogen (secondary N) is 1. The molecule has 158 valence electrons. The van der Waals surface area contributed by atoms with E-state index in [4.69, 9.17) is 0 Å². The van der Waals surface area contributed by atoms with Gasteiger partial charge in [0.25, 0.3) is 11.1 Å². The molecule has 0 unspecified atom stereocenters. The maximum Gasteiger partial charge on any atom is 0.294 e. The van der Waals surface area contributed by atoms with Gasteiger partial charge in [0.2, 0.25) is 5.91 Å². The molecule has 1 aliphatic heterocycles. The largest absolute Gasteiger partial charge is 0.344 e. The topological polar surface area (TPSA) is 71.4 Å². The lowest BCUT2D eigenvalue weighted by Gasteiger charge is -2.12. The zero-order chi connectivity index (χ0) is 22.1. The van der Waals surface area contributed by atoms with Gasteiger partial charge in [0.05, 0.1) is 4.91 Å². The fraction of sp³-hybridized carbons (Fsp3) is 0.174. The monoisotopic (exact) mass is 437 g/mol. The summed E-state index contributed by atoms with van der Waals surface area (Å²) in [6.45, 7) is 3.74. The normalized spacial score (nSPS) is 15.5. The Balaban J connectivity index is 1.54. The number of nitrogens with zero attached hydrogens (tertiary/aromatic N) is 2. The number of hydrogen-bond donors (Lipinski definition) is 1. The molecule has 4 rings (SSSR count). The molecule has 2 aromatic carbocycles. The Hall–Kier alpha value is -3.39. The van der Waals surface area contributed by atoms with Crippen molar-refractivity contribution in [1.29, 1.82) is 0 Å². The quantitative estimate of drug-likeness (QED) is 0.568. The SMILES string of the molecule is CC(C)n1cc(/C=C2/SC(=O)N(CC(=O)Nc3ccc(F)cc3)C2=O)c2ccccc21. The van der Waals surface area contributed by atoms with Crippen LogP contribution in [-0.2, 0) is 9.59 Å². The van der Waals surface area contributed by atoms with E-state index < -0.39 is 29.4 Å². The summed E-state index contributed by atoms with van der Waals surface area (Å²) in [7, 11) is 0. The van der Waals surface area contributed by atoms with Crippen molar-refractivity contribution in [2.75, 3.05) is 11.9 Å². The molecule has 3 aromatic rings. The van der Waals surface area contributed by atoms with Crippen LogP contribution in [0.15, 0.2) is 59.6 Å². The summed E-state index contributed by atoms with van der Waals surface area (Å²) in [6, 6.07) is 13.3. The number of benzene rings is 2. The third kappa shape index (κ3) is 4.25. The Morgan fingerprint density at radius 1 is 1.13 bits per heavy atom.